The zero-order chi connectivity index (χ0) is 50.6. The van der Waals surface area contributed by atoms with Gasteiger partial charge in [0.05, 0.1) is 24.4 Å². The van der Waals surface area contributed by atoms with E-state index in [-0.39, 0.29) is 72.7 Å². The van der Waals surface area contributed by atoms with E-state index in [4.69, 9.17) is 23.7 Å². The number of fused-ring (bicyclic) bond motifs is 3. The highest BCUT2D eigenvalue weighted by molar-refractivity contribution is 6.39. The first-order chi connectivity index (χ1) is 32.8. The summed E-state index contributed by atoms with van der Waals surface area (Å²) in [6.45, 7) is 15.4. The second kappa shape index (κ2) is 25.8. The summed E-state index contributed by atoms with van der Waals surface area (Å²) in [5, 5.41) is 23.8. The number of rotatable bonds is 7. The molecule has 4 heterocycles. The van der Waals surface area contributed by atoms with Crippen molar-refractivity contribution in [3.8, 4) is 0 Å². The third-order valence-electron chi connectivity index (χ3n) is 15.6. The Morgan fingerprint density at radius 3 is 2.30 bits per heavy atom. The van der Waals surface area contributed by atoms with Gasteiger partial charge in [0.15, 0.2) is 5.78 Å². The van der Waals surface area contributed by atoms with Crippen LogP contribution in [0.2, 0.25) is 0 Å². The molecule has 2 saturated heterocycles. The van der Waals surface area contributed by atoms with Gasteiger partial charge in [0.25, 0.3) is 11.7 Å². The van der Waals surface area contributed by atoms with Crippen molar-refractivity contribution in [3.63, 3.8) is 0 Å². The molecule has 1 N–H and O–H groups in total. The molecule has 16 nitrogen and oxygen atoms in total. The van der Waals surface area contributed by atoms with Gasteiger partial charge in [-0.1, -0.05) is 83.6 Å². The predicted octanol–water partition coefficient (Wildman–Crippen LogP) is 7.32. The number of carbonyl (C=O) groups excluding carboxylic acids is 5. The van der Waals surface area contributed by atoms with E-state index in [0.717, 1.165) is 24.0 Å². The van der Waals surface area contributed by atoms with Crippen LogP contribution in [-0.2, 0) is 47.7 Å². The number of tetrazole rings is 1. The summed E-state index contributed by atoms with van der Waals surface area (Å²) in [6.07, 6.45) is 16.7. The fourth-order valence-corrected chi connectivity index (χ4v) is 11.0. The van der Waals surface area contributed by atoms with Gasteiger partial charge in [-0.3, -0.25) is 19.2 Å². The van der Waals surface area contributed by atoms with Gasteiger partial charge in [0.1, 0.15) is 30.4 Å². The number of amides is 1. The number of Topliss-reactive ketones (excluding diaryl/α,β-unsaturated/α-hetero) is 3. The molecule has 3 aliphatic heterocycles. The van der Waals surface area contributed by atoms with Crippen molar-refractivity contribution in [2.75, 3.05) is 27.9 Å². The number of esters is 1. The molecule has 69 heavy (non-hydrogen) atoms. The van der Waals surface area contributed by atoms with Gasteiger partial charge in [0, 0.05) is 64.4 Å². The Labute approximate surface area is 410 Å². The SMILES string of the molecule is COC1C(=O)C(C)C[C@H](C)/C=C/C=C/C=C(\C)[C@@H](OC)C[C@@H]2CC[C@@H](C)C(O)(O2)C(=O)C(=O)N2CCCC[C@H]2C(=O)O[C@H]([C@H](C)C[C@@H]2CC[C@H](n3cnnn3)[C@H](OC)C2)CC(=O)[C@H](C)/C=C(\C)[C@H]1C. The molecule has 1 aromatic heterocycles. The second-order valence-electron chi connectivity index (χ2n) is 20.7. The first-order valence-electron chi connectivity index (χ1n) is 25.4. The molecule has 384 valence electrons. The topological polar surface area (TPSA) is 199 Å². The molecule has 1 aromatic rings. The lowest BCUT2D eigenvalue weighted by molar-refractivity contribution is -0.265. The number of methoxy groups -OCH3 is 3. The van der Waals surface area contributed by atoms with E-state index in [9.17, 15) is 29.1 Å². The Bertz CT molecular complexity index is 2020. The molecule has 1 aliphatic carbocycles. The lowest BCUT2D eigenvalue weighted by atomic mass is 9.77. The fourth-order valence-electron chi connectivity index (χ4n) is 11.0. The maximum atomic E-state index is 14.5. The van der Waals surface area contributed by atoms with Crippen molar-refractivity contribution >= 4 is 29.2 Å². The van der Waals surface area contributed by atoms with Gasteiger partial charge < -0.3 is 33.7 Å². The van der Waals surface area contributed by atoms with Crippen LogP contribution < -0.4 is 0 Å². The highest BCUT2D eigenvalue weighted by atomic mass is 16.6. The predicted molar refractivity (Wildman–Crippen MR) is 259 cm³/mol. The molecule has 0 spiro atoms. The number of ether oxygens (including phenoxy) is 5. The normalized spacial score (nSPS) is 38.8. The van der Waals surface area contributed by atoms with Crippen LogP contribution in [0, 0.1) is 41.4 Å². The third kappa shape index (κ3) is 14.2. The van der Waals surface area contributed by atoms with Gasteiger partial charge >= 0.3 is 5.97 Å². The Morgan fingerprint density at radius 2 is 1.62 bits per heavy atom. The van der Waals surface area contributed by atoms with E-state index >= 15 is 0 Å². The summed E-state index contributed by atoms with van der Waals surface area (Å²) in [7, 11) is 4.81. The Morgan fingerprint density at radius 1 is 0.870 bits per heavy atom. The number of nitrogens with zero attached hydrogens (tertiary/aromatic N) is 5. The molecule has 1 amide bonds. The van der Waals surface area contributed by atoms with E-state index in [1.807, 2.05) is 71.9 Å². The average Bonchev–Trinajstić information content (AvgIpc) is 3.88. The minimum absolute atomic E-state index is 0.00377. The number of piperidine rings is 1. The van der Waals surface area contributed by atoms with Crippen LogP contribution in [0.25, 0.3) is 0 Å². The maximum absolute atomic E-state index is 14.5. The molecule has 5 rings (SSSR count). The lowest BCUT2D eigenvalue weighted by Gasteiger charge is -2.42. The van der Waals surface area contributed by atoms with Crippen molar-refractivity contribution in [3.05, 3.63) is 53.9 Å². The van der Waals surface area contributed by atoms with Gasteiger partial charge in [-0.15, -0.1) is 5.10 Å². The molecule has 15 atom stereocenters. The number of ketones is 3. The Hall–Kier alpha value is -4.22. The van der Waals surface area contributed by atoms with Crippen molar-refractivity contribution in [1.29, 1.82) is 0 Å². The first-order valence-corrected chi connectivity index (χ1v) is 25.4. The first kappa shape index (κ1) is 55.7. The molecule has 1 saturated carbocycles. The Kier molecular flexibility index (Phi) is 20.8. The van der Waals surface area contributed by atoms with Crippen LogP contribution in [0.3, 0.4) is 0 Å². The molecule has 2 bridgehead atoms. The number of allylic oxidation sites excluding steroid dienone is 6. The maximum Gasteiger partial charge on any atom is 0.329 e. The standard InChI is InChI=1S/C53H81N5O11/c1-32-17-13-12-14-18-33(2)45(65-9)29-41-22-20-38(7)53(64,69-41)50(61)51(62)57-24-16-15-19-43(57)52(63)68-46(36(5)27-40-21-23-42(47(28-40)66-10)58-31-54-55-56-58)30-44(59)35(4)26-34(3)39(8)49(67-11)48(60)37(6)25-32/h12-14,17-18,26,31-32,35-43,45-47,49,64H,15-16,19-25,27-30H2,1-11H3/b14-12+,17-13+,33-18+,34-26+/t32-,35-,36-,37?,38-,39-,40+,41+,42+,43+,45+,46+,47-,49?,53?/m1/s1. The van der Waals surface area contributed by atoms with Crippen LogP contribution in [-0.4, -0.2) is 130 Å². The van der Waals surface area contributed by atoms with Gasteiger partial charge in [-0.05, 0) is 112 Å². The molecular weight excluding hydrogens is 883 g/mol. The summed E-state index contributed by atoms with van der Waals surface area (Å²) in [5.41, 5.74) is 1.74. The van der Waals surface area contributed by atoms with Crippen LogP contribution in [0.4, 0.5) is 0 Å². The van der Waals surface area contributed by atoms with E-state index in [1.54, 1.807) is 39.3 Å². The summed E-state index contributed by atoms with van der Waals surface area (Å²) in [5.74, 6) is -7.27. The molecule has 3 fully saturated rings. The molecule has 0 aromatic carbocycles. The van der Waals surface area contributed by atoms with Crippen LogP contribution in [0.5, 0.6) is 0 Å². The van der Waals surface area contributed by atoms with E-state index in [2.05, 4.69) is 28.5 Å². The van der Waals surface area contributed by atoms with Crippen LogP contribution >= 0.6 is 0 Å². The van der Waals surface area contributed by atoms with Gasteiger partial charge in [-0.2, -0.15) is 0 Å². The quantitative estimate of drug-likeness (QED) is 0.162. The van der Waals surface area contributed by atoms with E-state index in [1.165, 1.54) is 4.90 Å². The molecule has 0 radical (unpaired) electrons. The molecular formula is C53H81N5O11. The second-order valence-corrected chi connectivity index (χ2v) is 20.7. The Balaban J connectivity index is 1.46. The van der Waals surface area contributed by atoms with Crippen molar-refractivity contribution in [2.24, 2.45) is 41.4 Å². The average molecular weight is 964 g/mol. The number of carbonyl (C=O) groups is 5. The monoisotopic (exact) mass is 964 g/mol. The zero-order valence-corrected chi connectivity index (χ0v) is 43.1. The smallest absolute Gasteiger partial charge is 0.329 e. The van der Waals surface area contributed by atoms with Crippen molar-refractivity contribution < 1.29 is 52.8 Å². The van der Waals surface area contributed by atoms with Gasteiger partial charge in [0.2, 0.25) is 5.79 Å². The number of aliphatic hydroxyl groups is 1. The zero-order valence-electron chi connectivity index (χ0n) is 43.1. The van der Waals surface area contributed by atoms with Gasteiger partial charge in [-0.25, -0.2) is 9.48 Å². The number of cyclic esters (lactones) is 1. The number of hydrogen-bond donors (Lipinski definition) is 1. The summed E-state index contributed by atoms with van der Waals surface area (Å²) >= 11 is 0. The highest BCUT2D eigenvalue weighted by Gasteiger charge is 2.53. The number of hydrogen-bond acceptors (Lipinski definition) is 14. The lowest BCUT2D eigenvalue weighted by Crippen LogP contribution is -2.61. The largest absolute Gasteiger partial charge is 0.460 e. The summed E-state index contributed by atoms with van der Waals surface area (Å²) in [4.78, 5) is 72.6. The van der Waals surface area contributed by atoms with E-state index in [0.29, 0.717) is 51.4 Å². The minimum Gasteiger partial charge on any atom is -0.460 e. The summed E-state index contributed by atoms with van der Waals surface area (Å²) < 4.78 is 31.9. The molecule has 3 unspecified atom stereocenters. The van der Waals surface area contributed by atoms with Crippen LogP contribution in [0.15, 0.2) is 53.9 Å². The minimum atomic E-state index is -2.41. The third-order valence-corrected chi connectivity index (χ3v) is 15.6. The number of aromatic nitrogens is 4. The van der Waals surface area contributed by atoms with Crippen molar-refractivity contribution in [2.45, 2.75) is 181 Å². The molecule has 16 heteroatoms. The fraction of sp³-hybridized carbons (Fsp3) is 0.736. The molecule has 4 aliphatic rings. The summed E-state index contributed by atoms with van der Waals surface area (Å²) in [6, 6.07) is -1.14. The van der Waals surface area contributed by atoms with E-state index < -0.39 is 65.7 Å². The van der Waals surface area contributed by atoms with Crippen molar-refractivity contribution in [1.82, 2.24) is 25.1 Å². The van der Waals surface area contributed by atoms with Crippen LogP contribution in [0.1, 0.15) is 138 Å². The highest BCUT2D eigenvalue weighted by Crippen LogP contribution is 2.39.